The second-order valence-electron chi connectivity index (χ2n) is 6.61. The molecule has 6 nitrogen and oxygen atoms in total. The molecule has 0 bridgehead atoms. The monoisotopic (exact) mass is 348 g/mol. The van der Waals surface area contributed by atoms with Gasteiger partial charge in [-0.3, -0.25) is 4.68 Å². The van der Waals surface area contributed by atoms with Gasteiger partial charge >= 0.3 is 0 Å². The van der Waals surface area contributed by atoms with Crippen molar-refractivity contribution < 1.29 is 8.42 Å². The fourth-order valence-corrected chi connectivity index (χ4v) is 4.75. The minimum absolute atomic E-state index is 0.0759. The van der Waals surface area contributed by atoms with Crippen molar-refractivity contribution in [2.75, 3.05) is 20.6 Å². The molecule has 0 spiro atoms. The molecule has 1 aromatic heterocycles. The minimum Gasteiger partial charge on any atom is -0.308 e. The Labute approximate surface area is 143 Å². The lowest BCUT2D eigenvalue weighted by Crippen LogP contribution is -2.44. The van der Waals surface area contributed by atoms with E-state index < -0.39 is 10.0 Å². The Hall–Kier alpha value is -1.70. The van der Waals surface area contributed by atoms with Crippen molar-refractivity contribution in [3.63, 3.8) is 0 Å². The highest BCUT2D eigenvalue weighted by molar-refractivity contribution is 7.89. The first kappa shape index (κ1) is 17.1. The van der Waals surface area contributed by atoms with Crippen molar-refractivity contribution in [2.24, 2.45) is 0 Å². The molecule has 1 aliphatic rings. The summed E-state index contributed by atoms with van der Waals surface area (Å²) in [6.07, 6.45) is 2.48. The van der Waals surface area contributed by atoms with Gasteiger partial charge in [-0.2, -0.15) is 9.40 Å². The Kier molecular flexibility index (Phi) is 4.76. The number of aromatic nitrogens is 2. The van der Waals surface area contributed by atoms with Gasteiger partial charge in [0.2, 0.25) is 10.0 Å². The summed E-state index contributed by atoms with van der Waals surface area (Å²) in [5.74, 6) is 0. The fourth-order valence-electron chi connectivity index (χ4n) is 3.13. The zero-order valence-electron chi connectivity index (χ0n) is 14.4. The summed E-state index contributed by atoms with van der Waals surface area (Å²) in [6.45, 7) is 3.74. The number of fused-ring (bicyclic) bond motifs is 1. The van der Waals surface area contributed by atoms with E-state index in [-0.39, 0.29) is 6.04 Å². The molecule has 2 heterocycles. The molecule has 3 rings (SSSR count). The largest absolute Gasteiger partial charge is 0.308 e. The molecule has 0 unspecified atom stereocenters. The predicted molar refractivity (Wildman–Crippen MR) is 93.1 cm³/mol. The quantitative estimate of drug-likeness (QED) is 0.844. The highest BCUT2D eigenvalue weighted by Gasteiger charge is 2.34. The van der Waals surface area contributed by atoms with Crippen LogP contribution in [0.5, 0.6) is 0 Å². The lowest BCUT2D eigenvalue weighted by molar-refractivity contribution is 0.239. The molecular weight excluding hydrogens is 324 g/mol. The maximum atomic E-state index is 13.3. The van der Waals surface area contributed by atoms with Crippen LogP contribution in [0.15, 0.2) is 41.4 Å². The van der Waals surface area contributed by atoms with E-state index in [4.69, 9.17) is 0 Å². The molecule has 7 heteroatoms. The van der Waals surface area contributed by atoms with Crippen LogP contribution in [-0.2, 0) is 23.1 Å². The topological polar surface area (TPSA) is 58.4 Å². The average Bonchev–Trinajstić information content (AvgIpc) is 2.89. The van der Waals surface area contributed by atoms with Crippen LogP contribution in [0.25, 0.3) is 0 Å². The number of hydrogen-bond donors (Lipinski definition) is 0. The highest BCUT2D eigenvalue weighted by atomic mass is 32.2. The van der Waals surface area contributed by atoms with E-state index in [2.05, 4.69) is 5.10 Å². The molecule has 1 atom stereocenters. The standard InChI is InChI=1S/C17H24N4O2S/c1-14-4-6-17(7-5-14)24(22,23)21-13-15-8-10-18-20(15)11-9-16(21)12-19(2)3/h4-8,10,16H,9,11-13H2,1-3H3/t16-/m1/s1. The van der Waals surface area contributed by atoms with Gasteiger partial charge in [0.15, 0.2) is 0 Å². The van der Waals surface area contributed by atoms with Crippen molar-refractivity contribution in [3.05, 3.63) is 47.8 Å². The van der Waals surface area contributed by atoms with Gasteiger partial charge in [-0.15, -0.1) is 0 Å². The second kappa shape index (κ2) is 6.66. The molecular formula is C17H24N4O2S. The van der Waals surface area contributed by atoms with E-state index >= 15 is 0 Å². The number of hydrogen-bond acceptors (Lipinski definition) is 4. The van der Waals surface area contributed by atoms with Crippen LogP contribution in [-0.4, -0.2) is 54.1 Å². The van der Waals surface area contributed by atoms with Crippen LogP contribution in [0.2, 0.25) is 0 Å². The smallest absolute Gasteiger partial charge is 0.243 e. The van der Waals surface area contributed by atoms with Gasteiger partial charge in [-0.05, 0) is 45.6 Å². The number of aryl methyl sites for hydroxylation is 2. The lowest BCUT2D eigenvalue weighted by Gasteiger charge is -2.30. The highest BCUT2D eigenvalue weighted by Crippen LogP contribution is 2.26. The maximum absolute atomic E-state index is 13.3. The summed E-state index contributed by atoms with van der Waals surface area (Å²) in [6, 6.07) is 8.90. The van der Waals surface area contributed by atoms with Crippen LogP contribution in [0.3, 0.4) is 0 Å². The third kappa shape index (κ3) is 3.38. The third-order valence-electron chi connectivity index (χ3n) is 4.41. The van der Waals surface area contributed by atoms with E-state index in [1.807, 2.05) is 48.8 Å². The Balaban J connectivity index is 2.00. The molecule has 0 fully saturated rings. The van der Waals surface area contributed by atoms with E-state index in [1.54, 1.807) is 22.6 Å². The van der Waals surface area contributed by atoms with Crippen molar-refractivity contribution in [1.82, 2.24) is 19.0 Å². The number of rotatable bonds is 4. The van der Waals surface area contributed by atoms with Gasteiger partial charge in [-0.25, -0.2) is 8.42 Å². The molecule has 1 aromatic carbocycles. The number of benzene rings is 1. The van der Waals surface area contributed by atoms with E-state index in [9.17, 15) is 8.42 Å². The molecule has 0 amide bonds. The van der Waals surface area contributed by atoms with Crippen molar-refractivity contribution >= 4 is 10.0 Å². The van der Waals surface area contributed by atoms with E-state index in [0.717, 1.165) is 24.2 Å². The Morgan fingerprint density at radius 3 is 2.58 bits per heavy atom. The van der Waals surface area contributed by atoms with Crippen LogP contribution < -0.4 is 0 Å². The van der Waals surface area contributed by atoms with Crippen LogP contribution in [0, 0.1) is 6.92 Å². The maximum Gasteiger partial charge on any atom is 0.243 e. The SMILES string of the molecule is Cc1ccc(S(=O)(=O)N2Cc3ccnn3CC[C@@H]2CN(C)C)cc1. The van der Waals surface area contributed by atoms with Gasteiger partial charge < -0.3 is 4.90 Å². The zero-order chi connectivity index (χ0) is 17.3. The van der Waals surface area contributed by atoms with E-state index in [1.165, 1.54) is 0 Å². The molecule has 0 saturated heterocycles. The first-order valence-corrected chi connectivity index (χ1v) is 9.56. The third-order valence-corrected chi connectivity index (χ3v) is 6.32. The molecule has 1 aliphatic heterocycles. The van der Waals surface area contributed by atoms with Gasteiger partial charge in [0.1, 0.15) is 0 Å². The molecule has 0 radical (unpaired) electrons. The number of nitrogens with zero attached hydrogens (tertiary/aromatic N) is 4. The van der Waals surface area contributed by atoms with Crippen LogP contribution in [0.1, 0.15) is 17.7 Å². The summed E-state index contributed by atoms with van der Waals surface area (Å²) in [7, 11) is 0.393. The average molecular weight is 348 g/mol. The fraction of sp³-hybridized carbons (Fsp3) is 0.471. The first-order valence-electron chi connectivity index (χ1n) is 8.12. The summed E-state index contributed by atoms with van der Waals surface area (Å²) in [5, 5.41) is 4.31. The first-order chi connectivity index (χ1) is 11.4. The Morgan fingerprint density at radius 1 is 1.21 bits per heavy atom. The van der Waals surface area contributed by atoms with Crippen molar-refractivity contribution in [3.8, 4) is 0 Å². The molecule has 0 saturated carbocycles. The minimum atomic E-state index is -3.55. The van der Waals surface area contributed by atoms with Crippen LogP contribution in [0.4, 0.5) is 0 Å². The summed E-state index contributed by atoms with van der Waals surface area (Å²) < 4.78 is 30.1. The molecule has 2 aromatic rings. The lowest BCUT2D eigenvalue weighted by atomic mass is 10.2. The van der Waals surface area contributed by atoms with Crippen molar-refractivity contribution in [2.45, 2.75) is 37.4 Å². The molecule has 0 aliphatic carbocycles. The zero-order valence-corrected chi connectivity index (χ0v) is 15.2. The summed E-state index contributed by atoms with van der Waals surface area (Å²) in [4.78, 5) is 2.39. The molecule has 0 N–H and O–H groups in total. The molecule has 130 valence electrons. The van der Waals surface area contributed by atoms with Gasteiger partial charge in [0.25, 0.3) is 0 Å². The van der Waals surface area contributed by atoms with Crippen molar-refractivity contribution in [1.29, 1.82) is 0 Å². The summed E-state index contributed by atoms with van der Waals surface area (Å²) >= 11 is 0. The van der Waals surface area contributed by atoms with Gasteiger partial charge in [0.05, 0.1) is 17.1 Å². The van der Waals surface area contributed by atoms with Gasteiger partial charge in [-0.1, -0.05) is 17.7 Å². The second-order valence-corrected chi connectivity index (χ2v) is 8.50. The van der Waals surface area contributed by atoms with E-state index in [0.29, 0.717) is 18.0 Å². The van der Waals surface area contributed by atoms with Crippen LogP contribution >= 0.6 is 0 Å². The predicted octanol–water partition coefficient (Wildman–Crippen LogP) is 1.72. The normalized spacial score (nSPS) is 19.2. The molecule has 24 heavy (non-hydrogen) atoms. The van der Waals surface area contributed by atoms with Gasteiger partial charge in [0, 0.05) is 25.3 Å². The summed E-state index contributed by atoms with van der Waals surface area (Å²) in [5.41, 5.74) is 1.99. The number of sulfonamides is 1. The Bertz CT molecular complexity index is 796. The number of likely N-dealkylation sites (N-methyl/N-ethyl adjacent to an activating group) is 1. The Morgan fingerprint density at radius 2 is 1.92 bits per heavy atom.